The number of nitrogens with one attached hydrogen (secondary N) is 1. The third-order valence-electron chi connectivity index (χ3n) is 8.37. The zero-order valence-corrected chi connectivity index (χ0v) is 25.1. The summed E-state index contributed by atoms with van der Waals surface area (Å²) in [5, 5.41) is 13.7. The van der Waals surface area contributed by atoms with E-state index < -0.39 is 11.5 Å². The van der Waals surface area contributed by atoms with E-state index in [1.165, 1.54) is 5.56 Å². The maximum atomic E-state index is 13.7. The quantitative estimate of drug-likeness (QED) is 0.204. The molecule has 6 heteroatoms. The molecule has 220 valence electrons. The molecule has 2 atom stereocenters. The van der Waals surface area contributed by atoms with Gasteiger partial charge in [-0.05, 0) is 68.5 Å². The fourth-order valence-electron chi connectivity index (χ4n) is 5.90. The summed E-state index contributed by atoms with van der Waals surface area (Å²) in [6.07, 6.45) is 1.98. The van der Waals surface area contributed by atoms with Crippen molar-refractivity contribution in [3.05, 3.63) is 137 Å². The van der Waals surface area contributed by atoms with E-state index in [9.17, 15) is 14.7 Å². The number of likely N-dealkylation sites (tertiary alicyclic amines) is 1. The summed E-state index contributed by atoms with van der Waals surface area (Å²) in [5.74, 6) is -1.07. The predicted molar refractivity (Wildman–Crippen MR) is 173 cm³/mol. The molecule has 0 bridgehead atoms. The monoisotopic (exact) mass is 573 g/mol. The van der Waals surface area contributed by atoms with Crippen molar-refractivity contribution in [3.63, 3.8) is 0 Å². The Morgan fingerprint density at radius 2 is 1.51 bits per heavy atom. The van der Waals surface area contributed by atoms with Gasteiger partial charge in [0.15, 0.2) is 5.54 Å². The van der Waals surface area contributed by atoms with Crippen molar-refractivity contribution in [1.82, 2.24) is 4.90 Å². The highest BCUT2D eigenvalue weighted by molar-refractivity contribution is 6.18. The standard InChI is InChI=1S/C37H39N3O3/c1-26-14-12-15-27(2)31(26)24-37(3,36(42)43)39-34(29-18-8-5-9-19-29)30-20-10-11-21-32(30)38-35(41)33-22-13-23-40(33)25-28-16-6-4-7-17-28/h4-12,14-21,33H,13,22-25H2,1-3H3,(H,38,41)(H,42,43)/t33-,37-/m0/s1. The van der Waals surface area contributed by atoms with Crippen LogP contribution in [-0.2, 0) is 22.6 Å². The number of aryl methyl sites for hydroxylation is 2. The maximum absolute atomic E-state index is 13.7. The van der Waals surface area contributed by atoms with E-state index in [0.717, 1.165) is 41.6 Å². The molecule has 0 aromatic heterocycles. The van der Waals surface area contributed by atoms with Crippen LogP contribution in [0.4, 0.5) is 5.69 Å². The first-order valence-electron chi connectivity index (χ1n) is 14.9. The lowest BCUT2D eigenvalue weighted by Crippen LogP contribution is -2.39. The van der Waals surface area contributed by atoms with Crippen LogP contribution in [0.5, 0.6) is 0 Å². The molecule has 43 heavy (non-hydrogen) atoms. The average molecular weight is 574 g/mol. The summed E-state index contributed by atoms with van der Waals surface area (Å²) < 4.78 is 0. The molecule has 0 unspecified atom stereocenters. The van der Waals surface area contributed by atoms with Gasteiger partial charge in [0.05, 0.1) is 17.4 Å². The number of para-hydroxylation sites is 1. The van der Waals surface area contributed by atoms with Gasteiger partial charge in [-0.2, -0.15) is 0 Å². The Morgan fingerprint density at radius 1 is 0.884 bits per heavy atom. The first-order chi connectivity index (χ1) is 20.7. The third kappa shape index (κ3) is 6.92. The molecule has 4 aromatic carbocycles. The number of rotatable bonds is 10. The van der Waals surface area contributed by atoms with E-state index in [0.29, 0.717) is 23.5 Å². The number of nitrogens with zero attached hydrogens (tertiary/aromatic N) is 2. The van der Waals surface area contributed by atoms with E-state index in [1.54, 1.807) is 6.92 Å². The summed E-state index contributed by atoms with van der Waals surface area (Å²) in [6, 6.07) is 33.1. The van der Waals surface area contributed by atoms with Crippen LogP contribution >= 0.6 is 0 Å². The molecule has 2 N–H and O–H groups in total. The molecule has 6 nitrogen and oxygen atoms in total. The van der Waals surface area contributed by atoms with Crippen LogP contribution in [0.25, 0.3) is 0 Å². The highest BCUT2D eigenvalue weighted by Gasteiger charge is 2.36. The van der Waals surface area contributed by atoms with E-state index in [2.05, 4.69) is 22.3 Å². The number of aliphatic carboxylic acids is 1. The van der Waals surface area contributed by atoms with Crippen molar-refractivity contribution >= 4 is 23.3 Å². The molecule has 1 heterocycles. The van der Waals surface area contributed by atoms with Gasteiger partial charge in [-0.1, -0.05) is 97.1 Å². The van der Waals surface area contributed by atoms with Gasteiger partial charge in [0.25, 0.3) is 0 Å². The van der Waals surface area contributed by atoms with Crippen molar-refractivity contribution < 1.29 is 14.7 Å². The van der Waals surface area contributed by atoms with Gasteiger partial charge in [-0.25, -0.2) is 4.79 Å². The molecular formula is C37H39N3O3. The molecule has 1 aliphatic rings. The third-order valence-corrected chi connectivity index (χ3v) is 8.37. The number of benzene rings is 4. The molecule has 1 amide bonds. The Labute approximate surface area is 254 Å². The normalized spacial score (nSPS) is 16.9. The molecule has 0 radical (unpaired) electrons. The van der Waals surface area contributed by atoms with Crippen LogP contribution in [0.15, 0.2) is 108 Å². The SMILES string of the molecule is Cc1cccc(C)c1C[C@](C)(N=C(c1ccccc1)c1ccccc1NC(=O)[C@@H]1CCCN1Cc1ccccc1)C(=O)O. The predicted octanol–water partition coefficient (Wildman–Crippen LogP) is 6.83. The average Bonchev–Trinajstić information content (AvgIpc) is 3.47. The fourth-order valence-corrected chi connectivity index (χ4v) is 5.90. The summed E-state index contributed by atoms with van der Waals surface area (Å²) in [7, 11) is 0. The summed E-state index contributed by atoms with van der Waals surface area (Å²) in [4.78, 5) is 33.9. The number of amides is 1. The number of anilines is 1. The first kappa shape index (κ1) is 29.9. The summed E-state index contributed by atoms with van der Waals surface area (Å²) in [6.45, 7) is 7.25. The number of carboxylic acid groups (broad SMARTS) is 1. The number of carbonyl (C=O) groups is 2. The number of aliphatic imine (C=N–C) groups is 1. The molecule has 0 spiro atoms. The lowest BCUT2D eigenvalue weighted by molar-refractivity contribution is -0.142. The smallest absolute Gasteiger partial charge is 0.331 e. The topological polar surface area (TPSA) is 82.0 Å². The zero-order chi connectivity index (χ0) is 30.4. The lowest BCUT2D eigenvalue weighted by atomic mass is 9.87. The summed E-state index contributed by atoms with van der Waals surface area (Å²) >= 11 is 0. The van der Waals surface area contributed by atoms with Crippen LogP contribution in [0.3, 0.4) is 0 Å². The van der Waals surface area contributed by atoms with Gasteiger partial charge >= 0.3 is 5.97 Å². The van der Waals surface area contributed by atoms with Crippen LogP contribution in [0.2, 0.25) is 0 Å². The van der Waals surface area contributed by atoms with Gasteiger partial charge in [0, 0.05) is 24.1 Å². The van der Waals surface area contributed by atoms with Crippen molar-refractivity contribution in [3.8, 4) is 0 Å². The molecule has 5 rings (SSSR count). The second-order valence-corrected chi connectivity index (χ2v) is 11.6. The number of hydrogen-bond acceptors (Lipinski definition) is 4. The van der Waals surface area contributed by atoms with E-state index in [1.807, 2.05) is 105 Å². The number of carboxylic acids is 1. The fraction of sp³-hybridized carbons (Fsp3) is 0.270. The van der Waals surface area contributed by atoms with Crippen LogP contribution in [0.1, 0.15) is 53.1 Å². The van der Waals surface area contributed by atoms with E-state index >= 15 is 0 Å². The van der Waals surface area contributed by atoms with Gasteiger partial charge in [0.2, 0.25) is 5.91 Å². The molecule has 0 saturated carbocycles. The van der Waals surface area contributed by atoms with Gasteiger partial charge < -0.3 is 10.4 Å². The molecule has 1 fully saturated rings. The van der Waals surface area contributed by atoms with Crippen LogP contribution < -0.4 is 5.32 Å². The van der Waals surface area contributed by atoms with Crippen molar-refractivity contribution in [2.75, 3.05) is 11.9 Å². The highest BCUT2D eigenvalue weighted by atomic mass is 16.4. The van der Waals surface area contributed by atoms with Gasteiger partial charge in [-0.3, -0.25) is 14.7 Å². The Bertz CT molecular complexity index is 1600. The molecule has 0 aliphatic carbocycles. The van der Waals surface area contributed by atoms with Crippen molar-refractivity contribution in [2.45, 2.75) is 58.2 Å². The van der Waals surface area contributed by atoms with Crippen molar-refractivity contribution in [1.29, 1.82) is 0 Å². The van der Waals surface area contributed by atoms with Gasteiger partial charge in [-0.15, -0.1) is 0 Å². The maximum Gasteiger partial charge on any atom is 0.331 e. The Kier molecular flexibility index (Phi) is 9.17. The minimum atomic E-state index is -1.45. The molecular weight excluding hydrogens is 534 g/mol. The van der Waals surface area contributed by atoms with Crippen LogP contribution in [0, 0.1) is 13.8 Å². The minimum Gasteiger partial charge on any atom is -0.479 e. The Balaban J connectivity index is 1.51. The van der Waals surface area contributed by atoms with Crippen LogP contribution in [-0.4, -0.2) is 45.7 Å². The molecule has 1 aliphatic heterocycles. The first-order valence-corrected chi connectivity index (χ1v) is 14.9. The highest BCUT2D eigenvalue weighted by Crippen LogP contribution is 2.29. The molecule has 1 saturated heterocycles. The number of hydrogen-bond donors (Lipinski definition) is 2. The zero-order valence-electron chi connectivity index (χ0n) is 25.1. The Morgan fingerprint density at radius 3 is 2.19 bits per heavy atom. The lowest BCUT2D eigenvalue weighted by Gasteiger charge is -2.26. The second-order valence-electron chi connectivity index (χ2n) is 11.6. The Hall–Kier alpha value is -4.55. The van der Waals surface area contributed by atoms with Gasteiger partial charge in [0.1, 0.15) is 0 Å². The molecule has 4 aromatic rings. The largest absolute Gasteiger partial charge is 0.479 e. The summed E-state index contributed by atoms with van der Waals surface area (Å²) in [5.41, 5.74) is 5.39. The number of carbonyl (C=O) groups excluding carboxylic acids is 1. The van der Waals surface area contributed by atoms with E-state index in [-0.39, 0.29) is 18.4 Å². The van der Waals surface area contributed by atoms with E-state index in [4.69, 9.17) is 4.99 Å². The van der Waals surface area contributed by atoms with Crippen molar-refractivity contribution in [2.24, 2.45) is 4.99 Å². The minimum absolute atomic E-state index is 0.0650. The second kappa shape index (κ2) is 13.2.